The fourth-order valence-electron chi connectivity index (χ4n) is 2.98. The van der Waals surface area contributed by atoms with Gasteiger partial charge in [-0.05, 0) is 50.2 Å². The Hall–Kier alpha value is -2.86. The number of hydrogen-bond donors (Lipinski definition) is 1. The first-order chi connectivity index (χ1) is 12.5. The van der Waals surface area contributed by atoms with Gasteiger partial charge in [0, 0.05) is 11.7 Å². The highest BCUT2D eigenvalue weighted by Gasteiger charge is 2.19. The lowest BCUT2D eigenvalue weighted by molar-refractivity contribution is -0.139. The third-order valence-electron chi connectivity index (χ3n) is 4.37. The second-order valence-electron chi connectivity index (χ2n) is 6.44. The molecule has 0 atom stereocenters. The van der Waals surface area contributed by atoms with Crippen LogP contribution >= 0.6 is 0 Å². The van der Waals surface area contributed by atoms with Gasteiger partial charge in [-0.2, -0.15) is 0 Å². The molecule has 0 fully saturated rings. The van der Waals surface area contributed by atoms with Gasteiger partial charge >= 0.3 is 5.97 Å². The standard InChI is InChI=1S/C20H23N3O3/c1-14(2)22(13-20(24)25)12-19-21-17-6-4-5-7-18(17)23(19)15-8-10-16(26-3)11-9-15/h4-11,14H,12-13H2,1-3H3,(H,24,25). The Morgan fingerprint density at radius 1 is 1.19 bits per heavy atom. The van der Waals surface area contributed by atoms with Crippen molar-refractivity contribution in [3.63, 3.8) is 0 Å². The molecule has 0 aliphatic heterocycles. The molecule has 26 heavy (non-hydrogen) atoms. The number of carbonyl (C=O) groups is 1. The normalized spacial score (nSPS) is 11.4. The van der Waals surface area contributed by atoms with E-state index in [4.69, 9.17) is 9.72 Å². The predicted octanol–water partition coefficient (Wildman–Crippen LogP) is 3.33. The number of methoxy groups -OCH3 is 1. The van der Waals surface area contributed by atoms with Gasteiger partial charge in [-0.3, -0.25) is 14.3 Å². The first-order valence-electron chi connectivity index (χ1n) is 8.56. The lowest BCUT2D eigenvalue weighted by atomic mass is 10.2. The van der Waals surface area contributed by atoms with E-state index >= 15 is 0 Å². The van der Waals surface area contributed by atoms with Crippen molar-refractivity contribution in [2.24, 2.45) is 0 Å². The number of ether oxygens (including phenoxy) is 1. The maximum atomic E-state index is 11.2. The van der Waals surface area contributed by atoms with Crippen molar-refractivity contribution in [2.75, 3.05) is 13.7 Å². The van der Waals surface area contributed by atoms with Crippen LogP contribution in [0.5, 0.6) is 5.75 Å². The van der Waals surface area contributed by atoms with E-state index in [0.29, 0.717) is 6.54 Å². The minimum atomic E-state index is -0.842. The molecule has 0 radical (unpaired) electrons. The Labute approximate surface area is 152 Å². The van der Waals surface area contributed by atoms with Gasteiger partial charge in [0.05, 0.1) is 31.2 Å². The molecule has 0 saturated carbocycles. The number of para-hydroxylation sites is 2. The first kappa shape index (κ1) is 17.9. The van der Waals surface area contributed by atoms with Gasteiger partial charge in [0.1, 0.15) is 11.6 Å². The summed E-state index contributed by atoms with van der Waals surface area (Å²) in [5.41, 5.74) is 2.84. The molecular weight excluding hydrogens is 330 g/mol. The topological polar surface area (TPSA) is 67.6 Å². The van der Waals surface area contributed by atoms with Crippen LogP contribution in [-0.2, 0) is 11.3 Å². The number of benzene rings is 2. The summed E-state index contributed by atoms with van der Waals surface area (Å²) in [6.07, 6.45) is 0. The van der Waals surface area contributed by atoms with E-state index in [1.807, 2.05) is 67.3 Å². The van der Waals surface area contributed by atoms with Crippen molar-refractivity contribution in [3.05, 3.63) is 54.4 Å². The van der Waals surface area contributed by atoms with Gasteiger partial charge in [0.2, 0.25) is 0 Å². The number of carboxylic acids is 1. The van der Waals surface area contributed by atoms with Crippen molar-refractivity contribution in [3.8, 4) is 11.4 Å². The third kappa shape index (κ3) is 3.70. The second kappa shape index (κ2) is 7.58. The maximum Gasteiger partial charge on any atom is 0.317 e. The molecule has 0 aliphatic carbocycles. The van der Waals surface area contributed by atoms with E-state index in [0.717, 1.165) is 28.3 Å². The molecule has 0 unspecified atom stereocenters. The third-order valence-corrected chi connectivity index (χ3v) is 4.37. The van der Waals surface area contributed by atoms with E-state index in [-0.39, 0.29) is 12.6 Å². The fraction of sp³-hybridized carbons (Fsp3) is 0.300. The van der Waals surface area contributed by atoms with Crippen molar-refractivity contribution in [1.82, 2.24) is 14.5 Å². The summed E-state index contributed by atoms with van der Waals surface area (Å²) in [5, 5.41) is 9.21. The van der Waals surface area contributed by atoms with E-state index in [2.05, 4.69) is 4.57 Å². The summed E-state index contributed by atoms with van der Waals surface area (Å²) in [7, 11) is 1.64. The van der Waals surface area contributed by atoms with Gasteiger partial charge in [0.25, 0.3) is 0 Å². The monoisotopic (exact) mass is 353 g/mol. The number of hydrogen-bond acceptors (Lipinski definition) is 4. The van der Waals surface area contributed by atoms with Crippen LogP contribution in [0.4, 0.5) is 0 Å². The minimum Gasteiger partial charge on any atom is -0.497 e. The highest BCUT2D eigenvalue weighted by Crippen LogP contribution is 2.24. The smallest absolute Gasteiger partial charge is 0.317 e. The zero-order valence-corrected chi connectivity index (χ0v) is 15.2. The van der Waals surface area contributed by atoms with E-state index in [9.17, 15) is 9.90 Å². The predicted molar refractivity (Wildman–Crippen MR) is 101 cm³/mol. The second-order valence-corrected chi connectivity index (χ2v) is 6.44. The molecule has 3 aromatic rings. The van der Waals surface area contributed by atoms with Crippen molar-refractivity contribution in [1.29, 1.82) is 0 Å². The van der Waals surface area contributed by atoms with Gasteiger partial charge in [-0.25, -0.2) is 4.98 Å². The molecule has 0 aliphatic rings. The lowest BCUT2D eigenvalue weighted by Gasteiger charge is -2.24. The highest BCUT2D eigenvalue weighted by atomic mass is 16.5. The maximum absolute atomic E-state index is 11.2. The number of aliphatic carboxylic acids is 1. The Morgan fingerprint density at radius 2 is 1.88 bits per heavy atom. The summed E-state index contributed by atoms with van der Waals surface area (Å²) in [6.45, 7) is 4.40. The highest BCUT2D eigenvalue weighted by molar-refractivity contribution is 5.78. The Morgan fingerprint density at radius 3 is 2.50 bits per heavy atom. The summed E-state index contributed by atoms with van der Waals surface area (Å²) in [4.78, 5) is 17.9. The van der Waals surface area contributed by atoms with Crippen LogP contribution < -0.4 is 4.74 Å². The average Bonchev–Trinajstić information content (AvgIpc) is 2.98. The average molecular weight is 353 g/mol. The molecule has 1 N–H and O–H groups in total. The largest absolute Gasteiger partial charge is 0.497 e. The van der Waals surface area contributed by atoms with Gasteiger partial charge in [0.15, 0.2) is 0 Å². The minimum absolute atomic E-state index is 0.0243. The van der Waals surface area contributed by atoms with Crippen molar-refractivity contribution < 1.29 is 14.6 Å². The summed E-state index contributed by atoms with van der Waals surface area (Å²) in [6, 6.07) is 15.8. The van der Waals surface area contributed by atoms with Gasteiger partial charge in [-0.1, -0.05) is 12.1 Å². The molecule has 1 heterocycles. The number of nitrogens with zero attached hydrogens (tertiary/aromatic N) is 3. The van der Waals surface area contributed by atoms with E-state index in [1.165, 1.54) is 0 Å². The molecule has 6 nitrogen and oxygen atoms in total. The van der Waals surface area contributed by atoms with Crippen LogP contribution in [-0.4, -0.2) is 45.2 Å². The van der Waals surface area contributed by atoms with E-state index in [1.54, 1.807) is 7.11 Å². The molecule has 6 heteroatoms. The molecule has 136 valence electrons. The molecule has 2 aromatic carbocycles. The summed E-state index contributed by atoms with van der Waals surface area (Å²) < 4.78 is 7.32. The van der Waals surface area contributed by atoms with Crippen LogP contribution in [0.3, 0.4) is 0 Å². The number of carboxylic acid groups (broad SMARTS) is 1. The van der Waals surface area contributed by atoms with E-state index < -0.39 is 5.97 Å². The molecule has 0 saturated heterocycles. The molecule has 0 bridgehead atoms. The van der Waals surface area contributed by atoms with Gasteiger partial charge in [-0.15, -0.1) is 0 Å². The quantitative estimate of drug-likeness (QED) is 0.706. The number of rotatable bonds is 7. The molecule has 0 spiro atoms. The lowest BCUT2D eigenvalue weighted by Crippen LogP contribution is -2.35. The zero-order valence-electron chi connectivity index (χ0n) is 15.2. The molecule has 0 amide bonds. The number of aromatic nitrogens is 2. The first-order valence-corrected chi connectivity index (χ1v) is 8.56. The molecule has 1 aromatic heterocycles. The van der Waals surface area contributed by atoms with Crippen molar-refractivity contribution in [2.45, 2.75) is 26.4 Å². The SMILES string of the molecule is COc1ccc(-n2c(CN(CC(=O)O)C(C)C)nc3ccccc32)cc1. The Kier molecular flexibility index (Phi) is 5.23. The zero-order chi connectivity index (χ0) is 18.7. The Balaban J connectivity index is 2.07. The van der Waals surface area contributed by atoms with Crippen LogP contribution in [0.1, 0.15) is 19.7 Å². The molecule has 3 rings (SSSR count). The fourth-order valence-corrected chi connectivity index (χ4v) is 2.98. The van der Waals surface area contributed by atoms with Crippen LogP contribution in [0.25, 0.3) is 16.7 Å². The molecular formula is C20H23N3O3. The van der Waals surface area contributed by atoms with Gasteiger partial charge < -0.3 is 9.84 Å². The van der Waals surface area contributed by atoms with Crippen LogP contribution in [0, 0.1) is 0 Å². The van der Waals surface area contributed by atoms with Crippen LogP contribution in [0.2, 0.25) is 0 Å². The number of fused-ring (bicyclic) bond motifs is 1. The van der Waals surface area contributed by atoms with Crippen LogP contribution in [0.15, 0.2) is 48.5 Å². The van der Waals surface area contributed by atoms with Crippen molar-refractivity contribution >= 4 is 17.0 Å². The Bertz CT molecular complexity index is 900. The number of imidazole rings is 1. The summed E-state index contributed by atoms with van der Waals surface area (Å²) in [5.74, 6) is 0.756. The summed E-state index contributed by atoms with van der Waals surface area (Å²) >= 11 is 0.